The van der Waals surface area contributed by atoms with Crippen LogP contribution in [0.1, 0.15) is 34.1 Å². The second-order valence-corrected chi connectivity index (χ2v) is 5.09. The minimum atomic E-state index is 0.00919. The van der Waals surface area contributed by atoms with Gasteiger partial charge in [0.05, 0.1) is 11.3 Å². The molecular weight excluding hydrogens is 264 g/mol. The summed E-state index contributed by atoms with van der Waals surface area (Å²) in [5.41, 5.74) is 9.35. The smallest absolute Gasteiger partial charge is 0.257 e. The molecule has 21 heavy (non-hydrogen) atoms. The van der Waals surface area contributed by atoms with Crippen molar-refractivity contribution >= 4 is 5.91 Å². The zero-order valence-electron chi connectivity index (χ0n) is 12.8. The maximum atomic E-state index is 12.7. The van der Waals surface area contributed by atoms with Crippen LogP contribution in [0.25, 0.3) is 0 Å². The number of carbonyl (C=O) groups is 1. The Hall–Kier alpha value is -2.14. The number of benzene rings is 1. The van der Waals surface area contributed by atoms with Gasteiger partial charge in [0.15, 0.2) is 0 Å². The molecule has 0 bridgehead atoms. The lowest BCUT2D eigenvalue weighted by molar-refractivity contribution is 0.0751. The molecule has 0 spiro atoms. The molecule has 5 heteroatoms. The highest BCUT2D eigenvalue weighted by Gasteiger charge is 2.19. The van der Waals surface area contributed by atoms with Crippen molar-refractivity contribution in [3.05, 3.63) is 52.8 Å². The number of aromatic nitrogens is 2. The summed E-state index contributed by atoms with van der Waals surface area (Å²) in [7, 11) is 1.82. The normalized spacial score (nSPS) is 10.7. The molecule has 1 heterocycles. The second-order valence-electron chi connectivity index (χ2n) is 5.09. The predicted molar refractivity (Wildman–Crippen MR) is 82.7 cm³/mol. The van der Waals surface area contributed by atoms with Crippen LogP contribution in [0.3, 0.4) is 0 Å². The van der Waals surface area contributed by atoms with Crippen LogP contribution >= 0.6 is 0 Å². The third kappa shape index (κ3) is 3.31. The highest BCUT2D eigenvalue weighted by molar-refractivity contribution is 5.95. The highest BCUT2D eigenvalue weighted by Crippen LogP contribution is 2.15. The van der Waals surface area contributed by atoms with E-state index in [2.05, 4.69) is 5.10 Å². The quantitative estimate of drug-likeness (QED) is 0.912. The SMILES string of the molecule is CCN(Cc1ccccc1CN)C(=O)c1cn(C)nc1C. The Kier molecular flexibility index (Phi) is 4.75. The van der Waals surface area contributed by atoms with Gasteiger partial charge in [0.1, 0.15) is 0 Å². The summed E-state index contributed by atoms with van der Waals surface area (Å²) in [6.45, 7) is 5.53. The van der Waals surface area contributed by atoms with Gasteiger partial charge >= 0.3 is 0 Å². The zero-order valence-corrected chi connectivity index (χ0v) is 12.8. The molecular formula is C16H22N4O. The van der Waals surface area contributed by atoms with Crippen molar-refractivity contribution in [2.24, 2.45) is 12.8 Å². The molecule has 0 saturated carbocycles. The van der Waals surface area contributed by atoms with E-state index < -0.39 is 0 Å². The fourth-order valence-electron chi connectivity index (χ4n) is 2.42. The van der Waals surface area contributed by atoms with E-state index in [0.29, 0.717) is 25.2 Å². The van der Waals surface area contributed by atoms with Gasteiger partial charge in [-0.2, -0.15) is 5.10 Å². The largest absolute Gasteiger partial charge is 0.334 e. The van der Waals surface area contributed by atoms with Gasteiger partial charge in [-0.1, -0.05) is 24.3 Å². The Morgan fingerprint density at radius 2 is 2.00 bits per heavy atom. The third-order valence-corrected chi connectivity index (χ3v) is 3.61. The Bertz CT molecular complexity index is 633. The van der Waals surface area contributed by atoms with E-state index in [4.69, 9.17) is 5.73 Å². The fourth-order valence-corrected chi connectivity index (χ4v) is 2.42. The summed E-state index contributed by atoms with van der Waals surface area (Å²) in [5, 5.41) is 4.24. The van der Waals surface area contributed by atoms with Crippen LogP contribution in [-0.2, 0) is 20.1 Å². The Morgan fingerprint density at radius 3 is 2.52 bits per heavy atom. The minimum Gasteiger partial charge on any atom is -0.334 e. The molecule has 1 amide bonds. The van der Waals surface area contributed by atoms with Gasteiger partial charge in [-0.3, -0.25) is 9.48 Å². The average molecular weight is 286 g/mol. The van der Waals surface area contributed by atoms with Crippen molar-refractivity contribution in [3.8, 4) is 0 Å². The van der Waals surface area contributed by atoms with Gasteiger partial charge in [0.25, 0.3) is 5.91 Å². The van der Waals surface area contributed by atoms with Crippen molar-refractivity contribution in [3.63, 3.8) is 0 Å². The zero-order chi connectivity index (χ0) is 15.4. The molecule has 5 nitrogen and oxygen atoms in total. The fraction of sp³-hybridized carbons (Fsp3) is 0.375. The molecule has 2 N–H and O–H groups in total. The number of amides is 1. The molecule has 0 unspecified atom stereocenters. The molecule has 0 saturated heterocycles. The van der Waals surface area contributed by atoms with Crippen molar-refractivity contribution in [1.29, 1.82) is 0 Å². The molecule has 0 aliphatic rings. The summed E-state index contributed by atoms with van der Waals surface area (Å²) in [5.74, 6) is 0.00919. The van der Waals surface area contributed by atoms with Crippen LogP contribution in [0.4, 0.5) is 0 Å². The summed E-state index contributed by atoms with van der Waals surface area (Å²) >= 11 is 0. The van der Waals surface area contributed by atoms with E-state index in [1.165, 1.54) is 0 Å². The lowest BCUT2D eigenvalue weighted by Crippen LogP contribution is -2.31. The summed E-state index contributed by atoms with van der Waals surface area (Å²) in [6, 6.07) is 7.97. The van der Waals surface area contributed by atoms with E-state index in [9.17, 15) is 4.79 Å². The number of aryl methyl sites for hydroxylation is 2. The molecule has 0 radical (unpaired) electrons. The molecule has 2 rings (SSSR count). The standard InChI is InChI=1S/C16H22N4O/c1-4-20(10-14-8-6-5-7-13(14)9-17)16(21)15-11-19(3)18-12(15)2/h5-8,11H,4,9-10,17H2,1-3H3. The molecule has 1 aromatic carbocycles. The van der Waals surface area contributed by atoms with E-state index in [0.717, 1.165) is 16.8 Å². The van der Waals surface area contributed by atoms with Crippen LogP contribution in [0.2, 0.25) is 0 Å². The van der Waals surface area contributed by atoms with Crippen molar-refractivity contribution in [1.82, 2.24) is 14.7 Å². The number of rotatable bonds is 5. The van der Waals surface area contributed by atoms with E-state index in [1.54, 1.807) is 10.9 Å². The van der Waals surface area contributed by atoms with E-state index in [1.807, 2.05) is 50.1 Å². The Balaban J connectivity index is 2.24. The van der Waals surface area contributed by atoms with Gasteiger partial charge in [0.2, 0.25) is 0 Å². The van der Waals surface area contributed by atoms with Gasteiger partial charge in [0, 0.05) is 32.9 Å². The first kappa shape index (κ1) is 15.3. The lowest BCUT2D eigenvalue weighted by atomic mass is 10.1. The molecule has 0 aliphatic carbocycles. The van der Waals surface area contributed by atoms with E-state index >= 15 is 0 Å². The topological polar surface area (TPSA) is 64.2 Å². The molecule has 0 aliphatic heterocycles. The predicted octanol–water partition coefficient (Wildman–Crippen LogP) is 1.85. The van der Waals surface area contributed by atoms with Crippen molar-refractivity contribution in [2.45, 2.75) is 26.9 Å². The first-order valence-electron chi connectivity index (χ1n) is 7.13. The summed E-state index contributed by atoms with van der Waals surface area (Å²) in [6.07, 6.45) is 1.77. The molecule has 0 atom stereocenters. The number of nitrogens with zero attached hydrogens (tertiary/aromatic N) is 3. The van der Waals surface area contributed by atoms with E-state index in [-0.39, 0.29) is 5.91 Å². The molecule has 1 aromatic heterocycles. The van der Waals surface area contributed by atoms with Gasteiger partial charge < -0.3 is 10.6 Å². The second kappa shape index (κ2) is 6.54. The number of hydrogen-bond donors (Lipinski definition) is 1. The van der Waals surface area contributed by atoms with Crippen LogP contribution in [0.5, 0.6) is 0 Å². The maximum absolute atomic E-state index is 12.7. The minimum absolute atomic E-state index is 0.00919. The molecule has 0 fully saturated rings. The number of nitrogens with two attached hydrogens (primary N) is 1. The first-order valence-corrected chi connectivity index (χ1v) is 7.13. The van der Waals surface area contributed by atoms with Crippen LogP contribution in [0, 0.1) is 6.92 Å². The van der Waals surface area contributed by atoms with Gasteiger partial charge in [-0.15, -0.1) is 0 Å². The lowest BCUT2D eigenvalue weighted by Gasteiger charge is -2.22. The van der Waals surface area contributed by atoms with Crippen molar-refractivity contribution in [2.75, 3.05) is 6.54 Å². The Morgan fingerprint density at radius 1 is 1.33 bits per heavy atom. The van der Waals surface area contributed by atoms with Gasteiger partial charge in [-0.05, 0) is 25.0 Å². The van der Waals surface area contributed by atoms with Crippen LogP contribution < -0.4 is 5.73 Å². The molecule has 2 aromatic rings. The maximum Gasteiger partial charge on any atom is 0.257 e. The summed E-state index contributed by atoms with van der Waals surface area (Å²) < 4.78 is 1.67. The molecule has 112 valence electrons. The van der Waals surface area contributed by atoms with Crippen LogP contribution in [0.15, 0.2) is 30.5 Å². The summed E-state index contributed by atoms with van der Waals surface area (Å²) in [4.78, 5) is 14.5. The first-order chi connectivity index (χ1) is 10.1. The third-order valence-electron chi connectivity index (χ3n) is 3.61. The average Bonchev–Trinajstić information content (AvgIpc) is 2.83. The Labute approximate surface area is 125 Å². The number of carbonyl (C=O) groups excluding carboxylic acids is 1. The van der Waals surface area contributed by atoms with Crippen molar-refractivity contribution < 1.29 is 4.79 Å². The van der Waals surface area contributed by atoms with Crippen LogP contribution in [-0.4, -0.2) is 27.1 Å². The number of hydrogen-bond acceptors (Lipinski definition) is 3. The monoisotopic (exact) mass is 286 g/mol. The highest BCUT2D eigenvalue weighted by atomic mass is 16.2. The van der Waals surface area contributed by atoms with Gasteiger partial charge in [-0.25, -0.2) is 0 Å².